The minimum atomic E-state index is -0.125. The third-order valence-corrected chi connectivity index (χ3v) is 5.01. The highest BCUT2D eigenvalue weighted by atomic mass is 79.9. The molecular weight excluding hydrogens is 368 g/mol. The number of hydrogen-bond acceptors (Lipinski definition) is 3. The molecule has 1 atom stereocenters. The molecule has 4 nitrogen and oxygen atoms in total. The summed E-state index contributed by atoms with van der Waals surface area (Å²) < 4.78 is 6.88. The highest BCUT2D eigenvalue weighted by Gasteiger charge is 2.31. The van der Waals surface area contributed by atoms with Crippen LogP contribution in [-0.2, 0) is 6.61 Å². The van der Waals surface area contributed by atoms with E-state index in [1.165, 1.54) is 0 Å². The van der Waals surface area contributed by atoms with Gasteiger partial charge in [0.15, 0.2) is 0 Å². The molecular formula is C19H21BrN2O2. The van der Waals surface area contributed by atoms with Crippen molar-refractivity contribution in [1.82, 2.24) is 5.32 Å². The number of benzene rings is 2. The summed E-state index contributed by atoms with van der Waals surface area (Å²) in [7, 11) is 0. The fourth-order valence-electron chi connectivity index (χ4n) is 2.67. The molecule has 0 aromatic heterocycles. The summed E-state index contributed by atoms with van der Waals surface area (Å²) in [6.45, 7) is 0.866. The Hall–Kier alpha value is -1.85. The Morgan fingerprint density at radius 2 is 1.92 bits per heavy atom. The lowest BCUT2D eigenvalue weighted by molar-refractivity contribution is 0.0929. The largest absolute Gasteiger partial charge is 0.488 e. The predicted octanol–water partition coefficient (Wildman–Crippen LogP) is 3.50. The number of nitrogens with one attached hydrogen (secondary N) is 1. The van der Waals surface area contributed by atoms with Crippen LogP contribution in [0.15, 0.2) is 53.0 Å². The molecule has 3 rings (SSSR count). The normalized spacial score (nSPS) is 14.9. The first-order chi connectivity index (χ1) is 11.7. The van der Waals surface area contributed by atoms with E-state index in [0.717, 1.165) is 22.9 Å². The molecule has 126 valence electrons. The third-order valence-electron chi connectivity index (χ3n) is 4.23. The topological polar surface area (TPSA) is 64.3 Å². The Morgan fingerprint density at radius 3 is 2.62 bits per heavy atom. The summed E-state index contributed by atoms with van der Waals surface area (Å²) in [5.74, 6) is 0.977. The van der Waals surface area contributed by atoms with Crippen LogP contribution in [0.5, 0.6) is 5.75 Å². The predicted molar refractivity (Wildman–Crippen MR) is 97.9 cm³/mol. The minimum Gasteiger partial charge on any atom is -0.488 e. The summed E-state index contributed by atoms with van der Waals surface area (Å²) in [4.78, 5) is 12.6. The van der Waals surface area contributed by atoms with Crippen molar-refractivity contribution < 1.29 is 9.53 Å². The quantitative estimate of drug-likeness (QED) is 0.762. The number of ether oxygens (including phenoxy) is 1. The summed E-state index contributed by atoms with van der Waals surface area (Å²) in [5.41, 5.74) is 7.36. The maximum absolute atomic E-state index is 12.6. The zero-order valence-corrected chi connectivity index (χ0v) is 15.0. The molecule has 1 saturated carbocycles. The van der Waals surface area contributed by atoms with Crippen LogP contribution in [0.3, 0.4) is 0 Å². The standard InChI is InChI=1S/C19H21BrN2O2/c20-16-7-3-1-5-14(16)12-24-18-8-4-2-6-15(18)19(23)22-17(11-21)13-9-10-13/h1-8,13,17H,9-12,21H2,(H,22,23). The maximum Gasteiger partial charge on any atom is 0.255 e. The van der Waals surface area contributed by atoms with Crippen LogP contribution in [0, 0.1) is 5.92 Å². The highest BCUT2D eigenvalue weighted by Crippen LogP contribution is 2.32. The Bertz CT molecular complexity index is 716. The number of rotatable bonds is 7. The number of amides is 1. The molecule has 2 aromatic rings. The van der Waals surface area contributed by atoms with Crippen LogP contribution in [0.4, 0.5) is 0 Å². The van der Waals surface area contributed by atoms with E-state index in [4.69, 9.17) is 10.5 Å². The lowest BCUT2D eigenvalue weighted by Gasteiger charge is -2.18. The summed E-state index contributed by atoms with van der Waals surface area (Å²) in [5, 5.41) is 3.04. The second kappa shape index (κ2) is 7.81. The van der Waals surface area contributed by atoms with Crippen LogP contribution in [0.2, 0.25) is 0 Å². The average molecular weight is 389 g/mol. The van der Waals surface area contributed by atoms with Gasteiger partial charge in [-0.25, -0.2) is 0 Å². The Balaban J connectivity index is 1.70. The van der Waals surface area contributed by atoms with Gasteiger partial charge >= 0.3 is 0 Å². The van der Waals surface area contributed by atoms with Crippen LogP contribution in [-0.4, -0.2) is 18.5 Å². The second-order valence-corrected chi connectivity index (χ2v) is 6.88. The maximum atomic E-state index is 12.6. The van der Waals surface area contributed by atoms with E-state index in [1.807, 2.05) is 42.5 Å². The monoisotopic (exact) mass is 388 g/mol. The smallest absolute Gasteiger partial charge is 0.255 e. The van der Waals surface area contributed by atoms with E-state index in [0.29, 0.717) is 30.4 Å². The van der Waals surface area contributed by atoms with Gasteiger partial charge in [-0.3, -0.25) is 4.79 Å². The number of nitrogens with two attached hydrogens (primary N) is 1. The van der Waals surface area contributed by atoms with Crippen molar-refractivity contribution in [3.8, 4) is 5.75 Å². The van der Waals surface area contributed by atoms with E-state index in [-0.39, 0.29) is 11.9 Å². The Kier molecular flexibility index (Phi) is 5.53. The number of hydrogen-bond donors (Lipinski definition) is 2. The molecule has 0 radical (unpaired) electrons. The van der Waals surface area contributed by atoms with E-state index < -0.39 is 0 Å². The molecule has 5 heteroatoms. The van der Waals surface area contributed by atoms with Gasteiger partial charge in [-0.1, -0.05) is 46.3 Å². The molecule has 0 bridgehead atoms. The molecule has 24 heavy (non-hydrogen) atoms. The zero-order chi connectivity index (χ0) is 16.9. The number of carbonyl (C=O) groups excluding carboxylic acids is 1. The zero-order valence-electron chi connectivity index (χ0n) is 13.4. The van der Waals surface area contributed by atoms with Gasteiger partial charge in [-0.15, -0.1) is 0 Å². The van der Waals surface area contributed by atoms with Crippen molar-refractivity contribution in [2.45, 2.75) is 25.5 Å². The van der Waals surface area contributed by atoms with Gasteiger partial charge in [0.05, 0.1) is 5.56 Å². The van der Waals surface area contributed by atoms with Gasteiger partial charge in [-0.2, -0.15) is 0 Å². The SMILES string of the molecule is NCC(NC(=O)c1ccccc1OCc1ccccc1Br)C1CC1. The lowest BCUT2D eigenvalue weighted by atomic mass is 10.1. The van der Waals surface area contributed by atoms with Crippen LogP contribution < -0.4 is 15.8 Å². The Labute approximate surface area is 150 Å². The van der Waals surface area contributed by atoms with Crippen molar-refractivity contribution >= 4 is 21.8 Å². The van der Waals surface area contributed by atoms with Crippen molar-refractivity contribution in [3.63, 3.8) is 0 Å². The fourth-order valence-corrected chi connectivity index (χ4v) is 3.06. The van der Waals surface area contributed by atoms with Gasteiger partial charge in [-0.05, 0) is 37.0 Å². The first kappa shape index (κ1) is 17.0. The molecule has 1 fully saturated rings. The first-order valence-corrected chi connectivity index (χ1v) is 8.94. The molecule has 2 aromatic carbocycles. The van der Waals surface area contributed by atoms with Gasteiger partial charge in [0.2, 0.25) is 0 Å². The van der Waals surface area contributed by atoms with Gasteiger partial charge in [0.1, 0.15) is 12.4 Å². The van der Waals surface area contributed by atoms with Gasteiger partial charge in [0, 0.05) is 22.6 Å². The molecule has 0 heterocycles. The minimum absolute atomic E-state index is 0.0498. The first-order valence-electron chi connectivity index (χ1n) is 8.15. The summed E-state index contributed by atoms with van der Waals surface area (Å²) in [6.07, 6.45) is 2.28. The summed E-state index contributed by atoms with van der Waals surface area (Å²) in [6, 6.07) is 15.2. The van der Waals surface area contributed by atoms with Crippen LogP contribution in [0.1, 0.15) is 28.8 Å². The molecule has 1 unspecified atom stereocenters. The summed E-state index contributed by atoms with van der Waals surface area (Å²) >= 11 is 3.51. The van der Waals surface area contributed by atoms with Crippen molar-refractivity contribution in [2.75, 3.05) is 6.54 Å². The third kappa shape index (κ3) is 4.16. The lowest BCUT2D eigenvalue weighted by Crippen LogP contribution is -2.41. The number of para-hydroxylation sites is 1. The van der Waals surface area contributed by atoms with Crippen molar-refractivity contribution in [1.29, 1.82) is 0 Å². The molecule has 1 amide bonds. The molecule has 0 saturated heterocycles. The number of halogens is 1. The second-order valence-electron chi connectivity index (χ2n) is 6.03. The van der Waals surface area contributed by atoms with Crippen LogP contribution in [0.25, 0.3) is 0 Å². The van der Waals surface area contributed by atoms with Crippen LogP contribution >= 0.6 is 15.9 Å². The molecule has 0 aliphatic heterocycles. The molecule has 1 aliphatic carbocycles. The Morgan fingerprint density at radius 1 is 1.21 bits per heavy atom. The molecule has 0 spiro atoms. The average Bonchev–Trinajstić information content (AvgIpc) is 3.44. The van der Waals surface area contributed by atoms with E-state index in [9.17, 15) is 4.79 Å². The highest BCUT2D eigenvalue weighted by molar-refractivity contribution is 9.10. The number of carbonyl (C=O) groups is 1. The van der Waals surface area contributed by atoms with E-state index in [2.05, 4.69) is 21.2 Å². The van der Waals surface area contributed by atoms with Crippen molar-refractivity contribution in [2.24, 2.45) is 11.7 Å². The fraction of sp³-hybridized carbons (Fsp3) is 0.316. The van der Waals surface area contributed by atoms with E-state index >= 15 is 0 Å². The van der Waals surface area contributed by atoms with E-state index in [1.54, 1.807) is 6.07 Å². The van der Waals surface area contributed by atoms with Gasteiger partial charge in [0.25, 0.3) is 5.91 Å². The molecule has 3 N–H and O–H groups in total. The van der Waals surface area contributed by atoms with Crippen molar-refractivity contribution in [3.05, 3.63) is 64.1 Å². The van der Waals surface area contributed by atoms with Gasteiger partial charge < -0.3 is 15.8 Å². The molecule has 1 aliphatic rings.